The van der Waals surface area contributed by atoms with Crippen molar-refractivity contribution in [3.63, 3.8) is 0 Å². The lowest BCUT2D eigenvalue weighted by molar-refractivity contribution is 0.193. The molecule has 2 aromatic heterocycles. The molecule has 0 radical (unpaired) electrons. The molecule has 2 fully saturated rings. The van der Waals surface area contributed by atoms with Gasteiger partial charge in [-0.25, -0.2) is 4.68 Å². The van der Waals surface area contributed by atoms with Gasteiger partial charge in [0.05, 0.1) is 6.67 Å². The molecule has 2 aliphatic rings. The van der Waals surface area contributed by atoms with E-state index in [0.717, 1.165) is 22.3 Å². The Labute approximate surface area is 156 Å². The SMILES string of the molecule is S=c1sc(NC2CCCCC2)nn1CN1CCCC1c1cccs1. The average Bonchev–Trinajstić information content (AvgIpc) is 3.31. The lowest BCUT2D eigenvalue weighted by Crippen LogP contribution is -2.27. The molecule has 2 aromatic rings. The third-order valence-corrected chi connectivity index (χ3v) is 7.30. The van der Waals surface area contributed by atoms with E-state index in [1.807, 2.05) is 16.0 Å². The van der Waals surface area contributed by atoms with E-state index < -0.39 is 0 Å². The average molecular weight is 381 g/mol. The summed E-state index contributed by atoms with van der Waals surface area (Å²) in [5.41, 5.74) is 0. The molecule has 4 nitrogen and oxygen atoms in total. The van der Waals surface area contributed by atoms with E-state index in [1.54, 1.807) is 11.3 Å². The lowest BCUT2D eigenvalue weighted by Gasteiger charge is -2.23. The zero-order valence-corrected chi connectivity index (χ0v) is 16.3. The molecule has 130 valence electrons. The van der Waals surface area contributed by atoms with E-state index in [-0.39, 0.29) is 0 Å². The Morgan fingerprint density at radius 3 is 2.88 bits per heavy atom. The van der Waals surface area contributed by atoms with Crippen molar-refractivity contribution in [3.05, 3.63) is 26.3 Å². The molecule has 1 N–H and O–H groups in total. The maximum absolute atomic E-state index is 5.57. The fraction of sp³-hybridized carbons (Fsp3) is 0.647. The third kappa shape index (κ3) is 3.74. The van der Waals surface area contributed by atoms with Gasteiger partial charge in [-0.1, -0.05) is 36.7 Å². The molecular formula is C17H24N4S3. The highest BCUT2D eigenvalue weighted by Gasteiger charge is 2.27. The smallest absolute Gasteiger partial charge is 0.204 e. The normalized spacial score (nSPS) is 22.9. The summed E-state index contributed by atoms with van der Waals surface area (Å²) in [5, 5.41) is 11.5. The standard InChI is InChI=1S/C17H24N4S3/c22-17-21(19-16(24-17)18-13-6-2-1-3-7-13)12-20-10-4-8-14(20)15-9-5-11-23-15/h5,9,11,13-14H,1-4,6-8,10,12H2,(H,18,19). The van der Waals surface area contributed by atoms with Crippen LogP contribution in [-0.4, -0.2) is 27.3 Å². The number of thiophene rings is 1. The van der Waals surface area contributed by atoms with Crippen LogP contribution in [0.4, 0.5) is 5.13 Å². The fourth-order valence-corrected chi connectivity index (χ4v) is 5.81. The summed E-state index contributed by atoms with van der Waals surface area (Å²) in [6.07, 6.45) is 9.07. The molecule has 1 aliphatic heterocycles. The van der Waals surface area contributed by atoms with E-state index in [2.05, 4.69) is 27.7 Å². The van der Waals surface area contributed by atoms with Crippen molar-refractivity contribution in [2.45, 2.75) is 63.7 Å². The topological polar surface area (TPSA) is 33.1 Å². The minimum Gasteiger partial charge on any atom is -0.357 e. The van der Waals surface area contributed by atoms with E-state index >= 15 is 0 Å². The zero-order chi connectivity index (χ0) is 16.4. The van der Waals surface area contributed by atoms with Crippen LogP contribution in [0.2, 0.25) is 0 Å². The summed E-state index contributed by atoms with van der Waals surface area (Å²) in [7, 11) is 0. The van der Waals surface area contributed by atoms with Crippen molar-refractivity contribution in [1.29, 1.82) is 0 Å². The summed E-state index contributed by atoms with van der Waals surface area (Å²) in [6.45, 7) is 1.94. The minimum absolute atomic E-state index is 0.531. The molecule has 1 saturated heterocycles. The van der Waals surface area contributed by atoms with Crippen LogP contribution in [0.1, 0.15) is 55.9 Å². The number of anilines is 1. The monoisotopic (exact) mass is 380 g/mol. The number of aromatic nitrogens is 2. The summed E-state index contributed by atoms with van der Waals surface area (Å²) in [6, 6.07) is 5.52. The molecule has 0 spiro atoms. The van der Waals surface area contributed by atoms with E-state index in [9.17, 15) is 0 Å². The van der Waals surface area contributed by atoms with Crippen LogP contribution in [0.15, 0.2) is 17.5 Å². The van der Waals surface area contributed by atoms with E-state index in [4.69, 9.17) is 17.3 Å². The van der Waals surface area contributed by atoms with Crippen molar-refractivity contribution in [2.24, 2.45) is 0 Å². The highest BCUT2D eigenvalue weighted by Crippen LogP contribution is 2.35. The molecule has 24 heavy (non-hydrogen) atoms. The number of nitrogens with one attached hydrogen (secondary N) is 1. The molecule has 0 aromatic carbocycles. The van der Waals surface area contributed by atoms with Crippen LogP contribution in [0.5, 0.6) is 0 Å². The molecule has 7 heteroatoms. The Morgan fingerprint density at radius 2 is 2.08 bits per heavy atom. The number of hydrogen-bond donors (Lipinski definition) is 1. The largest absolute Gasteiger partial charge is 0.357 e. The van der Waals surface area contributed by atoms with Crippen LogP contribution >= 0.6 is 34.9 Å². The number of likely N-dealkylation sites (tertiary alicyclic amines) is 1. The van der Waals surface area contributed by atoms with Gasteiger partial charge >= 0.3 is 0 Å². The Kier molecular flexibility index (Phi) is 5.31. The third-order valence-electron chi connectivity index (χ3n) is 5.09. The summed E-state index contributed by atoms with van der Waals surface area (Å²) >= 11 is 9.05. The maximum atomic E-state index is 5.57. The van der Waals surface area contributed by atoms with Gasteiger partial charge in [0.25, 0.3) is 0 Å². The minimum atomic E-state index is 0.531. The Balaban J connectivity index is 1.43. The second-order valence-electron chi connectivity index (χ2n) is 6.78. The first-order valence-electron chi connectivity index (χ1n) is 8.91. The number of rotatable bonds is 5. The molecule has 0 amide bonds. The highest BCUT2D eigenvalue weighted by atomic mass is 32.1. The Morgan fingerprint density at radius 1 is 1.21 bits per heavy atom. The quantitative estimate of drug-likeness (QED) is 0.716. The molecule has 1 atom stereocenters. The van der Waals surface area contributed by atoms with Crippen LogP contribution in [0, 0.1) is 3.95 Å². The molecular weight excluding hydrogens is 356 g/mol. The zero-order valence-electron chi connectivity index (χ0n) is 13.8. The van der Waals surface area contributed by atoms with Crippen LogP contribution < -0.4 is 5.32 Å². The highest BCUT2D eigenvalue weighted by molar-refractivity contribution is 7.73. The molecule has 0 bridgehead atoms. The molecule has 1 aliphatic carbocycles. The van der Waals surface area contributed by atoms with E-state index in [0.29, 0.717) is 12.1 Å². The lowest BCUT2D eigenvalue weighted by atomic mass is 9.96. The van der Waals surface area contributed by atoms with Crippen LogP contribution in [-0.2, 0) is 6.67 Å². The van der Waals surface area contributed by atoms with Gasteiger partial charge < -0.3 is 5.32 Å². The van der Waals surface area contributed by atoms with Crippen molar-refractivity contribution < 1.29 is 0 Å². The number of nitrogens with zero attached hydrogens (tertiary/aromatic N) is 3. The fourth-order valence-electron chi connectivity index (χ4n) is 3.85. The first kappa shape index (κ1) is 16.7. The van der Waals surface area contributed by atoms with Gasteiger partial charge in [-0.05, 0) is 49.3 Å². The molecule has 1 unspecified atom stereocenters. The van der Waals surface area contributed by atoms with Gasteiger partial charge in [-0.3, -0.25) is 4.90 Å². The van der Waals surface area contributed by atoms with Crippen molar-refractivity contribution in [2.75, 3.05) is 11.9 Å². The molecule has 4 rings (SSSR count). The summed E-state index contributed by atoms with van der Waals surface area (Å²) in [5.74, 6) is 0. The van der Waals surface area contributed by atoms with Gasteiger partial charge in [0, 0.05) is 23.5 Å². The van der Waals surface area contributed by atoms with Gasteiger partial charge in [0.2, 0.25) is 5.13 Å². The summed E-state index contributed by atoms with van der Waals surface area (Å²) in [4.78, 5) is 3.99. The van der Waals surface area contributed by atoms with Crippen LogP contribution in [0.25, 0.3) is 0 Å². The van der Waals surface area contributed by atoms with Crippen molar-refractivity contribution in [3.8, 4) is 0 Å². The van der Waals surface area contributed by atoms with Crippen molar-refractivity contribution >= 4 is 40.0 Å². The van der Waals surface area contributed by atoms with Gasteiger partial charge in [0.1, 0.15) is 0 Å². The van der Waals surface area contributed by atoms with Gasteiger partial charge in [-0.2, -0.15) is 0 Å². The summed E-state index contributed by atoms with van der Waals surface area (Å²) < 4.78 is 2.89. The van der Waals surface area contributed by atoms with Gasteiger partial charge in [0.15, 0.2) is 3.95 Å². The first-order valence-corrected chi connectivity index (χ1v) is 11.0. The predicted octanol–water partition coefficient (Wildman–Crippen LogP) is 5.27. The Bertz CT molecular complexity index is 700. The predicted molar refractivity (Wildman–Crippen MR) is 104 cm³/mol. The Hall–Kier alpha value is -0.760. The van der Waals surface area contributed by atoms with Crippen molar-refractivity contribution in [1.82, 2.24) is 14.7 Å². The van der Waals surface area contributed by atoms with E-state index in [1.165, 1.54) is 49.8 Å². The number of hydrogen-bond acceptors (Lipinski definition) is 6. The second kappa shape index (κ2) is 7.64. The van der Waals surface area contributed by atoms with Gasteiger partial charge in [-0.15, -0.1) is 16.4 Å². The second-order valence-corrected chi connectivity index (χ2v) is 9.38. The first-order chi connectivity index (χ1) is 11.8. The molecule has 1 saturated carbocycles. The maximum Gasteiger partial charge on any atom is 0.204 e. The van der Waals surface area contributed by atoms with Crippen LogP contribution in [0.3, 0.4) is 0 Å². The molecule has 3 heterocycles.